The molecule has 2 saturated heterocycles. The Morgan fingerprint density at radius 1 is 1.37 bits per heavy atom. The van der Waals surface area contributed by atoms with Gasteiger partial charge in [0.2, 0.25) is 0 Å². The van der Waals surface area contributed by atoms with Gasteiger partial charge in [0.25, 0.3) is 0 Å². The highest BCUT2D eigenvalue weighted by Crippen LogP contribution is 2.41. The zero-order valence-corrected chi connectivity index (χ0v) is 12.1. The van der Waals surface area contributed by atoms with Crippen LogP contribution in [0.3, 0.4) is 0 Å². The summed E-state index contributed by atoms with van der Waals surface area (Å²) in [4.78, 5) is 6.56. The highest BCUT2D eigenvalue weighted by atomic mass is 32.2. The van der Waals surface area contributed by atoms with Gasteiger partial charge < -0.3 is 4.90 Å². The van der Waals surface area contributed by atoms with Crippen LogP contribution in [0.25, 0.3) is 0 Å². The summed E-state index contributed by atoms with van der Waals surface area (Å²) in [6, 6.07) is 4.11. The molecule has 0 amide bonds. The second kappa shape index (κ2) is 4.47. The van der Waals surface area contributed by atoms with E-state index in [0.717, 1.165) is 38.0 Å². The van der Waals surface area contributed by atoms with E-state index in [1.54, 1.807) is 0 Å². The number of nitrogens with zero attached hydrogens (tertiary/aromatic N) is 2. The van der Waals surface area contributed by atoms with Gasteiger partial charge in [-0.3, -0.25) is 4.98 Å². The summed E-state index contributed by atoms with van der Waals surface area (Å²) in [5.74, 6) is 0.747. The predicted molar refractivity (Wildman–Crippen MR) is 76.1 cm³/mol. The number of sulfone groups is 1. The van der Waals surface area contributed by atoms with Gasteiger partial charge in [0.05, 0.1) is 11.5 Å². The van der Waals surface area contributed by atoms with Gasteiger partial charge in [-0.15, -0.1) is 0 Å². The minimum atomic E-state index is -2.81. The molecule has 0 aliphatic carbocycles. The minimum absolute atomic E-state index is 0.00570. The second-order valence-corrected chi connectivity index (χ2v) is 8.21. The van der Waals surface area contributed by atoms with Gasteiger partial charge in [0.1, 0.15) is 0 Å². The van der Waals surface area contributed by atoms with E-state index < -0.39 is 9.84 Å². The number of hydrogen-bond acceptors (Lipinski definition) is 4. The molecule has 19 heavy (non-hydrogen) atoms. The molecule has 0 aromatic carbocycles. The van der Waals surface area contributed by atoms with Gasteiger partial charge in [0.15, 0.2) is 9.84 Å². The molecule has 2 aliphatic heterocycles. The van der Waals surface area contributed by atoms with Crippen molar-refractivity contribution in [1.29, 1.82) is 0 Å². The lowest BCUT2D eigenvalue weighted by Gasteiger charge is -2.41. The molecule has 0 saturated carbocycles. The molecular weight excluding hydrogens is 260 g/mol. The SMILES string of the molecule is Cc1cc(N2CCCC3(CCS(=O)(=O)C3)C2)ccn1. The van der Waals surface area contributed by atoms with Gasteiger partial charge in [0, 0.05) is 36.1 Å². The van der Waals surface area contributed by atoms with Crippen molar-refractivity contribution in [2.24, 2.45) is 5.41 Å². The molecule has 3 rings (SSSR count). The first-order valence-electron chi connectivity index (χ1n) is 6.86. The van der Waals surface area contributed by atoms with Crippen molar-refractivity contribution in [3.8, 4) is 0 Å². The Balaban J connectivity index is 1.83. The van der Waals surface area contributed by atoms with E-state index in [9.17, 15) is 8.42 Å². The fourth-order valence-corrected chi connectivity index (χ4v) is 5.66. The number of anilines is 1. The molecule has 0 radical (unpaired) electrons. The number of pyridine rings is 1. The lowest BCUT2D eigenvalue weighted by atomic mass is 9.79. The molecule has 0 bridgehead atoms. The van der Waals surface area contributed by atoms with Gasteiger partial charge >= 0.3 is 0 Å². The lowest BCUT2D eigenvalue weighted by Crippen LogP contribution is -2.44. The quantitative estimate of drug-likeness (QED) is 0.787. The summed E-state index contributed by atoms with van der Waals surface area (Å²) in [6.07, 6.45) is 4.79. The Labute approximate surface area is 114 Å². The Bertz CT molecular complexity index is 585. The van der Waals surface area contributed by atoms with E-state index in [2.05, 4.69) is 16.0 Å². The molecule has 1 aromatic heterocycles. The highest BCUT2D eigenvalue weighted by molar-refractivity contribution is 7.91. The first-order chi connectivity index (χ1) is 8.98. The first kappa shape index (κ1) is 12.9. The average molecular weight is 280 g/mol. The maximum absolute atomic E-state index is 11.8. The molecule has 2 fully saturated rings. The third kappa shape index (κ3) is 2.61. The van der Waals surface area contributed by atoms with Gasteiger partial charge in [-0.1, -0.05) is 0 Å². The van der Waals surface area contributed by atoms with Crippen molar-refractivity contribution in [2.75, 3.05) is 29.5 Å². The first-order valence-corrected chi connectivity index (χ1v) is 8.68. The fraction of sp³-hybridized carbons (Fsp3) is 0.643. The molecule has 1 unspecified atom stereocenters. The summed E-state index contributed by atoms with van der Waals surface area (Å²) < 4.78 is 23.5. The van der Waals surface area contributed by atoms with Crippen LogP contribution >= 0.6 is 0 Å². The summed E-state index contributed by atoms with van der Waals surface area (Å²) >= 11 is 0. The molecule has 3 heterocycles. The van der Waals surface area contributed by atoms with E-state index in [1.165, 1.54) is 5.69 Å². The molecule has 1 aromatic rings. The van der Waals surface area contributed by atoms with Crippen LogP contribution in [-0.4, -0.2) is 38.0 Å². The van der Waals surface area contributed by atoms with Crippen molar-refractivity contribution >= 4 is 15.5 Å². The number of aromatic nitrogens is 1. The van der Waals surface area contributed by atoms with Crippen LogP contribution in [-0.2, 0) is 9.84 Å². The van der Waals surface area contributed by atoms with E-state index >= 15 is 0 Å². The molecular formula is C14H20N2O2S. The van der Waals surface area contributed by atoms with Crippen molar-refractivity contribution in [1.82, 2.24) is 4.98 Å². The Morgan fingerprint density at radius 3 is 2.89 bits per heavy atom. The molecule has 5 heteroatoms. The number of rotatable bonds is 1. The third-order valence-corrected chi connectivity index (χ3v) is 6.25. The highest BCUT2D eigenvalue weighted by Gasteiger charge is 2.44. The third-order valence-electron chi connectivity index (χ3n) is 4.38. The van der Waals surface area contributed by atoms with Crippen LogP contribution in [0.2, 0.25) is 0 Å². The van der Waals surface area contributed by atoms with E-state index in [-0.39, 0.29) is 5.41 Å². The van der Waals surface area contributed by atoms with Crippen LogP contribution in [0.1, 0.15) is 25.0 Å². The molecule has 0 N–H and O–H groups in total. The molecule has 1 spiro atoms. The number of aryl methyl sites for hydroxylation is 1. The summed E-state index contributed by atoms with van der Waals surface area (Å²) in [5.41, 5.74) is 2.18. The number of piperidine rings is 1. The van der Waals surface area contributed by atoms with Gasteiger partial charge in [-0.25, -0.2) is 8.42 Å². The maximum Gasteiger partial charge on any atom is 0.150 e. The zero-order chi connectivity index (χ0) is 13.5. The van der Waals surface area contributed by atoms with Crippen LogP contribution in [0.15, 0.2) is 18.3 Å². The smallest absolute Gasteiger partial charge is 0.150 e. The van der Waals surface area contributed by atoms with E-state index in [0.29, 0.717) is 11.5 Å². The minimum Gasteiger partial charge on any atom is -0.371 e. The van der Waals surface area contributed by atoms with Gasteiger partial charge in [-0.2, -0.15) is 0 Å². The van der Waals surface area contributed by atoms with E-state index in [4.69, 9.17) is 0 Å². The largest absolute Gasteiger partial charge is 0.371 e. The zero-order valence-electron chi connectivity index (χ0n) is 11.3. The van der Waals surface area contributed by atoms with Crippen molar-refractivity contribution < 1.29 is 8.42 Å². The Kier molecular flexibility index (Phi) is 3.04. The van der Waals surface area contributed by atoms with Gasteiger partial charge in [-0.05, 0) is 38.3 Å². The van der Waals surface area contributed by atoms with Crippen LogP contribution in [0.5, 0.6) is 0 Å². The van der Waals surface area contributed by atoms with Crippen molar-refractivity contribution in [2.45, 2.75) is 26.2 Å². The van der Waals surface area contributed by atoms with Crippen molar-refractivity contribution in [3.05, 3.63) is 24.0 Å². The fourth-order valence-electron chi connectivity index (χ4n) is 3.46. The van der Waals surface area contributed by atoms with Crippen molar-refractivity contribution in [3.63, 3.8) is 0 Å². The number of hydrogen-bond donors (Lipinski definition) is 0. The van der Waals surface area contributed by atoms with Crippen LogP contribution in [0.4, 0.5) is 5.69 Å². The second-order valence-electron chi connectivity index (χ2n) is 6.02. The summed E-state index contributed by atoms with van der Waals surface area (Å²) in [5, 5.41) is 0. The average Bonchev–Trinajstić information content (AvgIpc) is 2.65. The normalized spacial score (nSPS) is 29.8. The molecule has 1 atom stereocenters. The molecule has 4 nitrogen and oxygen atoms in total. The molecule has 2 aliphatic rings. The summed E-state index contributed by atoms with van der Waals surface area (Å²) in [7, 11) is -2.81. The Morgan fingerprint density at radius 2 is 2.21 bits per heavy atom. The van der Waals surface area contributed by atoms with E-state index in [1.807, 2.05) is 19.2 Å². The topological polar surface area (TPSA) is 50.3 Å². The monoisotopic (exact) mass is 280 g/mol. The summed E-state index contributed by atoms with van der Waals surface area (Å²) in [6.45, 7) is 3.88. The Hall–Kier alpha value is -1.10. The van der Waals surface area contributed by atoms with Crippen LogP contribution in [0, 0.1) is 12.3 Å². The predicted octanol–water partition coefficient (Wildman–Crippen LogP) is 1.80. The molecule has 104 valence electrons. The maximum atomic E-state index is 11.8. The van der Waals surface area contributed by atoms with Crippen LogP contribution < -0.4 is 4.90 Å². The lowest BCUT2D eigenvalue weighted by molar-refractivity contribution is 0.270. The standard InChI is InChI=1S/C14H20N2O2S/c1-12-9-13(3-6-15-12)16-7-2-4-14(10-16)5-8-19(17,18)11-14/h3,6,9H,2,4-5,7-8,10-11H2,1H3.